The Morgan fingerprint density at radius 3 is 3.00 bits per heavy atom. The van der Waals surface area contributed by atoms with Gasteiger partial charge in [0, 0.05) is 12.7 Å². The molecule has 86 valence electrons. The van der Waals surface area contributed by atoms with E-state index in [-0.39, 0.29) is 6.10 Å². The van der Waals surface area contributed by atoms with Crippen molar-refractivity contribution >= 4 is 6.08 Å². The van der Waals surface area contributed by atoms with Crippen molar-refractivity contribution in [2.24, 2.45) is 0 Å². The van der Waals surface area contributed by atoms with Crippen LogP contribution in [0.3, 0.4) is 0 Å². The van der Waals surface area contributed by atoms with Gasteiger partial charge in [0.2, 0.25) is 0 Å². The van der Waals surface area contributed by atoms with E-state index in [1.165, 1.54) is 6.08 Å². The zero-order valence-corrected chi connectivity index (χ0v) is 9.90. The van der Waals surface area contributed by atoms with E-state index in [1.807, 2.05) is 12.1 Å². The lowest BCUT2D eigenvalue weighted by molar-refractivity contribution is 0.0515. The van der Waals surface area contributed by atoms with Crippen LogP contribution in [0.5, 0.6) is 5.75 Å². The second kappa shape index (κ2) is 7.07. The highest BCUT2D eigenvalue weighted by molar-refractivity contribution is 5.54. The maximum Gasteiger partial charge on any atom is 0.127 e. The molecule has 0 spiro atoms. The van der Waals surface area contributed by atoms with Gasteiger partial charge in [0.25, 0.3) is 0 Å². The Morgan fingerprint density at radius 1 is 1.56 bits per heavy atom. The summed E-state index contributed by atoms with van der Waals surface area (Å²) >= 11 is 0. The lowest BCUT2D eigenvalue weighted by Gasteiger charge is -2.16. The molecule has 2 heteroatoms. The summed E-state index contributed by atoms with van der Waals surface area (Å²) in [7, 11) is 1.71. The Labute approximate surface area is 97.9 Å². The molecule has 0 saturated heterocycles. The van der Waals surface area contributed by atoms with Gasteiger partial charge in [-0.3, -0.25) is 0 Å². The van der Waals surface area contributed by atoms with Gasteiger partial charge in [-0.1, -0.05) is 38.1 Å². The predicted octanol–water partition coefficient (Wildman–Crippen LogP) is 3.13. The van der Waals surface area contributed by atoms with Gasteiger partial charge >= 0.3 is 0 Å². The van der Waals surface area contributed by atoms with E-state index in [0.717, 1.165) is 24.2 Å². The zero-order chi connectivity index (χ0) is 11.8. The standard InChI is InChI=1S/C14H18O2/c1-4-8-13(15-3)11-16-14-10-7-6-9-12(14)5-2/h2,5-6,9-10,13H,4,8,11H2,1,3H3. The number of rotatable bonds is 7. The molecule has 0 bridgehead atoms. The molecule has 0 heterocycles. The van der Waals surface area contributed by atoms with Crippen LogP contribution < -0.4 is 4.74 Å². The maximum absolute atomic E-state index is 5.67. The summed E-state index contributed by atoms with van der Waals surface area (Å²) in [6.45, 7) is 8.17. The summed E-state index contributed by atoms with van der Waals surface area (Å²) in [5, 5.41) is 0. The van der Waals surface area contributed by atoms with E-state index in [0.29, 0.717) is 6.61 Å². The molecule has 0 aliphatic carbocycles. The average Bonchev–Trinajstić information content (AvgIpc) is 2.34. The molecule has 0 fully saturated rings. The van der Waals surface area contributed by atoms with Gasteiger partial charge in [0.1, 0.15) is 12.4 Å². The van der Waals surface area contributed by atoms with Crippen LogP contribution in [0.25, 0.3) is 6.08 Å². The van der Waals surface area contributed by atoms with E-state index in [1.54, 1.807) is 13.2 Å². The van der Waals surface area contributed by atoms with Crippen LogP contribution in [-0.2, 0) is 4.74 Å². The fraction of sp³-hybridized carbons (Fsp3) is 0.429. The topological polar surface area (TPSA) is 18.5 Å². The molecule has 2 radical (unpaired) electrons. The molecule has 1 unspecified atom stereocenters. The zero-order valence-electron chi connectivity index (χ0n) is 9.90. The van der Waals surface area contributed by atoms with Gasteiger partial charge in [-0.2, -0.15) is 0 Å². The SMILES string of the molecule is [CH]=Cc1cc[c]cc1OCC(CCC)OC. The third-order valence-corrected chi connectivity index (χ3v) is 2.41. The van der Waals surface area contributed by atoms with Crippen LogP contribution in [0.2, 0.25) is 0 Å². The Kier molecular flexibility index (Phi) is 5.65. The fourth-order valence-electron chi connectivity index (χ4n) is 1.46. The summed E-state index contributed by atoms with van der Waals surface area (Å²) in [6, 6.07) is 8.44. The van der Waals surface area contributed by atoms with E-state index in [2.05, 4.69) is 13.0 Å². The van der Waals surface area contributed by atoms with Gasteiger partial charge in [0.15, 0.2) is 0 Å². The molecule has 0 saturated carbocycles. The summed E-state index contributed by atoms with van der Waals surface area (Å²) < 4.78 is 11.0. The summed E-state index contributed by atoms with van der Waals surface area (Å²) in [6.07, 6.45) is 3.74. The Bertz CT molecular complexity index is 320. The Hall–Kier alpha value is -1.28. The van der Waals surface area contributed by atoms with Gasteiger partial charge in [0.05, 0.1) is 6.10 Å². The first-order chi connectivity index (χ1) is 7.81. The fourth-order valence-corrected chi connectivity index (χ4v) is 1.46. The van der Waals surface area contributed by atoms with Crippen LogP contribution in [-0.4, -0.2) is 19.8 Å². The molecule has 2 nitrogen and oxygen atoms in total. The Morgan fingerprint density at radius 2 is 2.38 bits per heavy atom. The van der Waals surface area contributed by atoms with Crippen LogP contribution in [0.4, 0.5) is 0 Å². The molecule has 0 N–H and O–H groups in total. The molecule has 1 rings (SSSR count). The van der Waals surface area contributed by atoms with Crippen molar-refractivity contribution < 1.29 is 9.47 Å². The summed E-state index contributed by atoms with van der Waals surface area (Å²) in [4.78, 5) is 0. The van der Waals surface area contributed by atoms with Crippen LogP contribution >= 0.6 is 0 Å². The molecule has 0 aliphatic rings. The summed E-state index contributed by atoms with van der Waals surface area (Å²) in [5.74, 6) is 0.753. The number of hydrogen-bond acceptors (Lipinski definition) is 2. The van der Waals surface area contributed by atoms with Gasteiger partial charge in [-0.05, 0) is 18.6 Å². The molecule has 1 aromatic rings. The Balaban J connectivity index is 2.55. The first-order valence-electron chi connectivity index (χ1n) is 5.52. The molecular weight excluding hydrogens is 200 g/mol. The predicted molar refractivity (Wildman–Crippen MR) is 65.2 cm³/mol. The number of methoxy groups -OCH3 is 1. The number of hydrogen-bond donors (Lipinski definition) is 0. The quantitative estimate of drug-likeness (QED) is 0.700. The van der Waals surface area contributed by atoms with Crippen molar-refractivity contribution in [3.8, 4) is 5.75 Å². The monoisotopic (exact) mass is 218 g/mol. The highest BCUT2D eigenvalue weighted by Gasteiger charge is 2.08. The molecule has 1 atom stereocenters. The first kappa shape index (κ1) is 12.8. The van der Waals surface area contributed by atoms with E-state index < -0.39 is 0 Å². The number of benzene rings is 1. The molecular formula is C14H18O2. The van der Waals surface area contributed by atoms with Gasteiger partial charge in [-0.25, -0.2) is 0 Å². The van der Waals surface area contributed by atoms with Crippen LogP contribution in [0, 0.1) is 12.6 Å². The minimum Gasteiger partial charge on any atom is -0.490 e. The molecule has 0 aliphatic heterocycles. The lowest BCUT2D eigenvalue weighted by Crippen LogP contribution is -2.20. The third-order valence-electron chi connectivity index (χ3n) is 2.41. The second-order valence-corrected chi connectivity index (χ2v) is 3.59. The molecule has 1 aromatic carbocycles. The largest absolute Gasteiger partial charge is 0.490 e. The summed E-state index contributed by atoms with van der Waals surface area (Å²) in [5.41, 5.74) is 0.880. The first-order valence-corrected chi connectivity index (χ1v) is 5.52. The van der Waals surface area contributed by atoms with Crippen molar-refractivity contribution in [3.05, 3.63) is 36.4 Å². The van der Waals surface area contributed by atoms with Gasteiger partial charge < -0.3 is 9.47 Å². The second-order valence-electron chi connectivity index (χ2n) is 3.59. The minimum absolute atomic E-state index is 0.135. The highest BCUT2D eigenvalue weighted by Crippen LogP contribution is 2.19. The van der Waals surface area contributed by atoms with Gasteiger partial charge in [-0.15, -0.1) is 0 Å². The van der Waals surface area contributed by atoms with Crippen molar-refractivity contribution in [2.45, 2.75) is 25.9 Å². The van der Waals surface area contributed by atoms with Crippen molar-refractivity contribution in [1.29, 1.82) is 0 Å². The smallest absolute Gasteiger partial charge is 0.127 e. The maximum atomic E-state index is 5.67. The lowest BCUT2D eigenvalue weighted by atomic mass is 10.2. The van der Waals surface area contributed by atoms with E-state index in [9.17, 15) is 0 Å². The van der Waals surface area contributed by atoms with Crippen molar-refractivity contribution in [2.75, 3.05) is 13.7 Å². The highest BCUT2D eigenvalue weighted by atomic mass is 16.5. The van der Waals surface area contributed by atoms with Crippen molar-refractivity contribution in [3.63, 3.8) is 0 Å². The normalized spacial score (nSPS) is 12.1. The third kappa shape index (κ3) is 3.70. The minimum atomic E-state index is 0.135. The van der Waals surface area contributed by atoms with Crippen molar-refractivity contribution in [1.82, 2.24) is 0 Å². The van der Waals surface area contributed by atoms with Crippen LogP contribution in [0.15, 0.2) is 18.2 Å². The number of ether oxygens (including phenoxy) is 2. The molecule has 0 aromatic heterocycles. The van der Waals surface area contributed by atoms with E-state index in [4.69, 9.17) is 16.1 Å². The average molecular weight is 218 g/mol. The van der Waals surface area contributed by atoms with E-state index >= 15 is 0 Å². The van der Waals surface area contributed by atoms with Crippen LogP contribution in [0.1, 0.15) is 25.3 Å². The molecule has 16 heavy (non-hydrogen) atoms. The molecule has 0 amide bonds.